The van der Waals surface area contributed by atoms with Crippen LogP contribution in [0.4, 0.5) is 0 Å². The van der Waals surface area contributed by atoms with Gasteiger partial charge >= 0.3 is 5.97 Å². The molecule has 0 spiro atoms. The van der Waals surface area contributed by atoms with Gasteiger partial charge in [-0.1, -0.05) is 12.1 Å². The van der Waals surface area contributed by atoms with E-state index in [4.69, 9.17) is 0 Å². The maximum Gasteiger partial charge on any atom is 0.335 e. The smallest absolute Gasteiger partial charge is 0.335 e. The van der Waals surface area contributed by atoms with E-state index in [1.165, 1.54) is 23.7 Å². The van der Waals surface area contributed by atoms with Gasteiger partial charge in [-0.25, -0.2) is 13.2 Å². The Morgan fingerprint density at radius 3 is 2.62 bits per heavy atom. The number of nitrogens with zero attached hydrogens (tertiary/aromatic N) is 2. The molecule has 4 rings (SSSR count). The molecule has 2 aromatic carbocycles. The first-order valence-electron chi connectivity index (χ1n) is 8.93. The summed E-state index contributed by atoms with van der Waals surface area (Å²) >= 11 is 1.26. The first-order valence-corrected chi connectivity index (χ1v) is 11.4. The van der Waals surface area contributed by atoms with Crippen LogP contribution in [0.15, 0.2) is 52.7 Å². The van der Waals surface area contributed by atoms with Crippen LogP contribution in [0, 0.1) is 11.3 Å². The van der Waals surface area contributed by atoms with E-state index in [1.807, 2.05) is 6.07 Å². The van der Waals surface area contributed by atoms with Gasteiger partial charge in [0.1, 0.15) is 0 Å². The standard InChI is InChI=1S/C21H16N2O4S2/c22-11-13-1-5-17(19-7-8-28-23-19)16(9-13)12-29(26,27)20-10-15(21(24)25)4-6-18(20)14-2-3-14/h1,4-10,14H,2-3,12H2,(H,24,25). The minimum Gasteiger partial charge on any atom is -0.478 e. The average Bonchev–Trinajstić information content (AvgIpc) is 3.41. The molecule has 146 valence electrons. The fourth-order valence-corrected chi connectivity index (χ4v) is 5.56. The van der Waals surface area contributed by atoms with Crippen LogP contribution in [-0.2, 0) is 15.6 Å². The van der Waals surface area contributed by atoms with Gasteiger partial charge < -0.3 is 5.11 Å². The molecule has 1 saturated carbocycles. The molecular formula is C21H16N2O4S2. The molecule has 1 heterocycles. The number of benzene rings is 2. The van der Waals surface area contributed by atoms with Gasteiger partial charge in [-0.2, -0.15) is 9.64 Å². The molecule has 0 radical (unpaired) electrons. The van der Waals surface area contributed by atoms with Crippen LogP contribution in [-0.4, -0.2) is 23.9 Å². The second-order valence-electron chi connectivity index (χ2n) is 6.96. The number of aromatic carboxylic acids is 1. The van der Waals surface area contributed by atoms with Crippen LogP contribution >= 0.6 is 11.5 Å². The number of aromatic nitrogens is 1. The normalized spacial score (nSPS) is 13.8. The van der Waals surface area contributed by atoms with Gasteiger partial charge in [0.2, 0.25) is 0 Å². The number of sulfone groups is 1. The summed E-state index contributed by atoms with van der Waals surface area (Å²) in [6.45, 7) is 0. The third-order valence-electron chi connectivity index (χ3n) is 4.91. The third kappa shape index (κ3) is 3.92. The van der Waals surface area contributed by atoms with E-state index in [9.17, 15) is 23.6 Å². The van der Waals surface area contributed by atoms with Crippen molar-refractivity contribution in [2.45, 2.75) is 29.4 Å². The molecule has 0 aliphatic heterocycles. The molecule has 0 saturated heterocycles. The fraction of sp³-hybridized carbons (Fsp3) is 0.190. The lowest BCUT2D eigenvalue weighted by atomic mass is 10.0. The zero-order valence-electron chi connectivity index (χ0n) is 15.2. The van der Waals surface area contributed by atoms with Crippen molar-refractivity contribution in [3.8, 4) is 17.3 Å². The molecule has 3 aromatic rings. The van der Waals surface area contributed by atoms with Crippen molar-refractivity contribution in [1.82, 2.24) is 4.37 Å². The molecule has 0 atom stereocenters. The first kappa shape index (κ1) is 19.3. The van der Waals surface area contributed by atoms with Crippen LogP contribution in [0.2, 0.25) is 0 Å². The molecule has 0 unspecified atom stereocenters. The summed E-state index contributed by atoms with van der Waals surface area (Å²) in [5.41, 5.74) is 2.73. The highest BCUT2D eigenvalue weighted by molar-refractivity contribution is 7.90. The SMILES string of the molecule is N#Cc1ccc(-c2ccsn2)c(CS(=O)(=O)c2cc(C(=O)O)ccc2C2CC2)c1. The van der Waals surface area contributed by atoms with Crippen molar-refractivity contribution in [1.29, 1.82) is 5.26 Å². The van der Waals surface area contributed by atoms with Crippen molar-refractivity contribution < 1.29 is 18.3 Å². The fourth-order valence-electron chi connectivity index (χ4n) is 3.33. The van der Waals surface area contributed by atoms with Crippen LogP contribution in [0.5, 0.6) is 0 Å². The maximum absolute atomic E-state index is 13.4. The Morgan fingerprint density at radius 1 is 1.21 bits per heavy atom. The van der Waals surface area contributed by atoms with Crippen LogP contribution in [0.3, 0.4) is 0 Å². The summed E-state index contributed by atoms with van der Waals surface area (Å²) in [4.78, 5) is 11.5. The van der Waals surface area contributed by atoms with E-state index < -0.39 is 15.8 Å². The highest BCUT2D eigenvalue weighted by atomic mass is 32.2. The summed E-state index contributed by atoms with van der Waals surface area (Å²) in [6.07, 6.45) is 1.78. The second kappa shape index (κ2) is 7.43. The predicted molar refractivity (Wildman–Crippen MR) is 109 cm³/mol. The summed E-state index contributed by atoms with van der Waals surface area (Å²) in [5.74, 6) is -1.36. The van der Waals surface area contributed by atoms with E-state index in [0.717, 1.165) is 12.8 Å². The van der Waals surface area contributed by atoms with Gasteiger partial charge in [0.05, 0.1) is 33.5 Å². The Balaban J connectivity index is 1.82. The van der Waals surface area contributed by atoms with Crippen molar-refractivity contribution in [3.05, 3.63) is 70.1 Å². The Kier molecular flexibility index (Phi) is 4.94. The van der Waals surface area contributed by atoms with Gasteiger partial charge in [-0.05, 0) is 71.8 Å². The minimum absolute atomic E-state index is 0.0570. The van der Waals surface area contributed by atoms with E-state index in [-0.39, 0.29) is 22.1 Å². The molecule has 29 heavy (non-hydrogen) atoms. The molecule has 0 bridgehead atoms. The van der Waals surface area contributed by atoms with Gasteiger partial charge in [-0.3, -0.25) is 0 Å². The first-order chi connectivity index (χ1) is 13.9. The molecule has 6 nitrogen and oxygen atoms in total. The van der Waals surface area contributed by atoms with Gasteiger partial charge in [-0.15, -0.1) is 0 Å². The molecule has 1 aromatic heterocycles. The Labute approximate surface area is 172 Å². The van der Waals surface area contributed by atoms with Gasteiger partial charge in [0.15, 0.2) is 9.84 Å². The molecule has 1 N–H and O–H groups in total. The Bertz CT molecular complexity index is 1240. The van der Waals surface area contributed by atoms with E-state index >= 15 is 0 Å². The number of carboxylic acid groups (broad SMARTS) is 1. The predicted octanol–water partition coefficient (Wildman–Crippen LogP) is 4.23. The van der Waals surface area contributed by atoms with Crippen LogP contribution in [0.1, 0.15) is 45.8 Å². The van der Waals surface area contributed by atoms with E-state index in [2.05, 4.69) is 4.37 Å². The van der Waals surface area contributed by atoms with Gasteiger partial charge in [0.25, 0.3) is 0 Å². The quantitative estimate of drug-likeness (QED) is 0.634. The lowest BCUT2D eigenvalue weighted by molar-refractivity contribution is 0.0696. The lowest BCUT2D eigenvalue weighted by Gasteiger charge is -2.13. The highest BCUT2D eigenvalue weighted by Crippen LogP contribution is 2.44. The van der Waals surface area contributed by atoms with Crippen molar-refractivity contribution >= 4 is 27.3 Å². The topological polar surface area (TPSA) is 108 Å². The van der Waals surface area contributed by atoms with Crippen molar-refractivity contribution in [3.63, 3.8) is 0 Å². The molecule has 8 heteroatoms. The summed E-state index contributed by atoms with van der Waals surface area (Å²) in [6, 6.07) is 13.0. The summed E-state index contributed by atoms with van der Waals surface area (Å²) < 4.78 is 31.0. The number of nitriles is 1. The Morgan fingerprint density at radius 2 is 2.00 bits per heavy atom. The number of carbonyl (C=O) groups is 1. The Hall–Kier alpha value is -3.02. The third-order valence-corrected chi connectivity index (χ3v) is 7.18. The average molecular weight is 425 g/mol. The molecule has 0 amide bonds. The number of hydrogen-bond donors (Lipinski definition) is 1. The minimum atomic E-state index is -3.84. The maximum atomic E-state index is 13.4. The van der Waals surface area contributed by atoms with Crippen LogP contribution < -0.4 is 0 Å². The summed E-state index contributed by atoms with van der Waals surface area (Å²) in [5, 5.41) is 20.4. The number of hydrogen-bond acceptors (Lipinski definition) is 6. The zero-order valence-corrected chi connectivity index (χ0v) is 16.8. The highest BCUT2D eigenvalue weighted by Gasteiger charge is 2.31. The molecule has 1 aliphatic carbocycles. The summed E-state index contributed by atoms with van der Waals surface area (Å²) in [7, 11) is -3.84. The largest absolute Gasteiger partial charge is 0.478 e. The molecule has 1 fully saturated rings. The molecular weight excluding hydrogens is 408 g/mol. The second-order valence-corrected chi connectivity index (χ2v) is 9.58. The monoisotopic (exact) mass is 424 g/mol. The van der Waals surface area contributed by atoms with Crippen molar-refractivity contribution in [2.75, 3.05) is 0 Å². The lowest BCUT2D eigenvalue weighted by Crippen LogP contribution is -2.11. The zero-order chi connectivity index (χ0) is 20.6. The van der Waals surface area contributed by atoms with E-state index in [0.29, 0.717) is 27.9 Å². The molecule has 1 aliphatic rings. The number of rotatable bonds is 6. The number of carboxylic acids is 1. The van der Waals surface area contributed by atoms with Crippen molar-refractivity contribution in [2.24, 2.45) is 0 Å². The van der Waals surface area contributed by atoms with Gasteiger partial charge in [0, 0.05) is 10.9 Å². The van der Waals surface area contributed by atoms with E-state index in [1.54, 1.807) is 35.7 Å². The van der Waals surface area contributed by atoms with Crippen LogP contribution in [0.25, 0.3) is 11.3 Å².